The zero-order valence-corrected chi connectivity index (χ0v) is 9.03. The number of carboxylic acid groups (broad SMARTS) is 1. The number of alkyl halides is 3. The highest BCUT2D eigenvalue weighted by Gasteiger charge is 2.33. The Morgan fingerprint density at radius 3 is 2.12 bits per heavy atom. The molecule has 4 nitrogen and oxygen atoms in total. The number of aliphatic carboxylic acids is 1. The summed E-state index contributed by atoms with van der Waals surface area (Å²) in [5, 5.41) is 8.36. The maximum atomic E-state index is 12.2. The van der Waals surface area contributed by atoms with E-state index in [0.29, 0.717) is 0 Å². The van der Waals surface area contributed by atoms with Gasteiger partial charge in [-0.15, -0.1) is 0 Å². The molecule has 1 atom stereocenters. The number of hydrogen-bond donors (Lipinski definition) is 3. The summed E-state index contributed by atoms with van der Waals surface area (Å²) in [6, 6.07) is 0. The Hall–Kier alpha value is -1.92. The van der Waals surface area contributed by atoms with Crippen LogP contribution in [0.1, 0.15) is 6.92 Å². The van der Waals surface area contributed by atoms with E-state index in [1.165, 1.54) is 0 Å². The van der Waals surface area contributed by atoms with Gasteiger partial charge in [-0.25, -0.2) is 4.79 Å². The first-order valence-corrected chi connectivity index (χ1v) is 4.55. The van der Waals surface area contributed by atoms with Gasteiger partial charge in [0.05, 0.1) is 5.92 Å². The molecule has 0 saturated heterocycles. The monoisotopic (exact) mass is 250 g/mol. The fourth-order valence-corrected chi connectivity index (χ4v) is 0.766. The summed E-state index contributed by atoms with van der Waals surface area (Å²) in [7, 11) is 0. The predicted octanol–water partition coefficient (Wildman–Crippen LogP) is 1.51. The fourth-order valence-electron chi connectivity index (χ4n) is 0.766. The Bertz CT molecular complexity index is 366. The summed E-state index contributed by atoms with van der Waals surface area (Å²) in [4.78, 5) is 10.2. The molecule has 5 N–H and O–H groups in total. The molecular formula is C10H13F3N2O2. The standard InChI is InChI=1S/C10H13F3N2O2/c1-6(10(11,12)13)2-3-7(9(14)15)4-5-8(16)17/h2-6H,14-15H2,1H3,(H,16,17)/b3-2-,5-4+. The number of allylic oxidation sites excluding steroid dienone is 4. The van der Waals surface area contributed by atoms with E-state index >= 15 is 0 Å². The molecule has 0 radical (unpaired) electrons. The van der Waals surface area contributed by atoms with Gasteiger partial charge in [-0.1, -0.05) is 19.1 Å². The minimum Gasteiger partial charge on any atom is -0.478 e. The topological polar surface area (TPSA) is 89.3 Å². The van der Waals surface area contributed by atoms with Gasteiger partial charge in [0.15, 0.2) is 0 Å². The van der Waals surface area contributed by atoms with Gasteiger partial charge in [0.25, 0.3) is 0 Å². The summed E-state index contributed by atoms with van der Waals surface area (Å²) < 4.78 is 36.5. The van der Waals surface area contributed by atoms with Gasteiger partial charge in [0, 0.05) is 11.6 Å². The maximum absolute atomic E-state index is 12.2. The quantitative estimate of drug-likeness (QED) is 0.521. The lowest BCUT2D eigenvalue weighted by Gasteiger charge is -2.10. The normalized spacial score (nSPS) is 14.1. The van der Waals surface area contributed by atoms with Crippen LogP contribution in [-0.4, -0.2) is 17.3 Å². The van der Waals surface area contributed by atoms with Crippen molar-refractivity contribution in [1.82, 2.24) is 0 Å². The van der Waals surface area contributed by atoms with Crippen LogP contribution in [0.5, 0.6) is 0 Å². The Labute approximate surface area is 96.1 Å². The van der Waals surface area contributed by atoms with Gasteiger partial charge in [0.2, 0.25) is 0 Å². The number of nitrogens with two attached hydrogens (primary N) is 2. The van der Waals surface area contributed by atoms with E-state index in [4.69, 9.17) is 16.6 Å². The number of hydrogen-bond acceptors (Lipinski definition) is 3. The van der Waals surface area contributed by atoms with E-state index in [1.54, 1.807) is 0 Å². The van der Waals surface area contributed by atoms with Crippen molar-refractivity contribution in [3.8, 4) is 0 Å². The molecule has 0 spiro atoms. The van der Waals surface area contributed by atoms with Crippen LogP contribution in [0.2, 0.25) is 0 Å². The molecule has 7 heteroatoms. The zero-order chi connectivity index (χ0) is 13.6. The number of carboxylic acids is 1. The third-order valence-electron chi connectivity index (χ3n) is 1.82. The second kappa shape index (κ2) is 5.97. The number of carbonyl (C=O) groups is 1. The van der Waals surface area contributed by atoms with Gasteiger partial charge in [-0.3, -0.25) is 0 Å². The van der Waals surface area contributed by atoms with Crippen molar-refractivity contribution in [3.63, 3.8) is 0 Å². The van der Waals surface area contributed by atoms with Crippen LogP contribution in [0.4, 0.5) is 13.2 Å². The average Bonchev–Trinajstić information content (AvgIpc) is 2.14. The Kier molecular flexibility index (Phi) is 5.30. The molecule has 0 aliphatic heterocycles. The molecule has 0 rings (SSSR count). The highest BCUT2D eigenvalue weighted by molar-refractivity contribution is 5.80. The summed E-state index contributed by atoms with van der Waals surface area (Å²) >= 11 is 0. The molecule has 0 aromatic heterocycles. The lowest BCUT2D eigenvalue weighted by molar-refractivity contribution is -0.156. The molecule has 0 fully saturated rings. The molecule has 17 heavy (non-hydrogen) atoms. The highest BCUT2D eigenvalue weighted by atomic mass is 19.4. The fraction of sp³-hybridized carbons (Fsp3) is 0.300. The lowest BCUT2D eigenvalue weighted by Crippen LogP contribution is -2.17. The SMILES string of the molecule is CC(/C=C\C(/C=C/C(=O)O)=C(N)N)C(F)(F)F. The van der Waals surface area contributed by atoms with Crippen LogP contribution in [0.25, 0.3) is 0 Å². The maximum Gasteiger partial charge on any atom is 0.394 e. The molecule has 0 bridgehead atoms. The Balaban J connectivity index is 4.88. The van der Waals surface area contributed by atoms with Crippen molar-refractivity contribution in [2.45, 2.75) is 13.1 Å². The zero-order valence-electron chi connectivity index (χ0n) is 9.03. The van der Waals surface area contributed by atoms with Gasteiger partial charge < -0.3 is 16.6 Å². The summed E-state index contributed by atoms with van der Waals surface area (Å²) in [5.74, 6) is -3.18. The van der Waals surface area contributed by atoms with Crippen LogP contribution >= 0.6 is 0 Å². The molecule has 0 aromatic rings. The van der Waals surface area contributed by atoms with Crippen LogP contribution < -0.4 is 11.5 Å². The van der Waals surface area contributed by atoms with E-state index in [2.05, 4.69) is 0 Å². The van der Waals surface area contributed by atoms with E-state index in [0.717, 1.165) is 31.2 Å². The largest absolute Gasteiger partial charge is 0.478 e. The van der Waals surface area contributed by atoms with Crippen LogP contribution in [0.3, 0.4) is 0 Å². The second-order valence-corrected chi connectivity index (χ2v) is 3.27. The summed E-state index contributed by atoms with van der Waals surface area (Å²) in [5.41, 5.74) is 10.4. The molecule has 0 aliphatic carbocycles. The highest BCUT2D eigenvalue weighted by Crippen LogP contribution is 2.26. The Morgan fingerprint density at radius 2 is 1.76 bits per heavy atom. The lowest BCUT2D eigenvalue weighted by atomic mass is 10.1. The molecule has 1 unspecified atom stereocenters. The van der Waals surface area contributed by atoms with Gasteiger partial charge in [-0.2, -0.15) is 13.2 Å². The first-order chi connectivity index (χ1) is 7.64. The van der Waals surface area contributed by atoms with Crippen molar-refractivity contribution >= 4 is 5.97 Å². The molecular weight excluding hydrogens is 237 g/mol. The van der Waals surface area contributed by atoms with Crippen LogP contribution in [0, 0.1) is 5.92 Å². The molecule has 0 amide bonds. The molecule has 96 valence electrons. The van der Waals surface area contributed by atoms with Crippen LogP contribution in [-0.2, 0) is 4.79 Å². The van der Waals surface area contributed by atoms with Crippen molar-refractivity contribution in [2.24, 2.45) is 17.4 Å². The van der Waals surface area contributed by atoms with E-state index < -0.39 is 18.1 Å². The molecule has 0 aliphatic rings. The molecule has 0 aromatic carbocycles. The average molecular weight is 250 g/mol. The van der Waals surface area contributed by atoms with Gasteiger partial charge >= 0.3 is 12.1 Å². The minimum atomic E-state index is -4.36. The third-order valence-corrected chi connectivity index (χ3v) is 1.82. The van der Waals surface area contributed by atoms with E-state index in [-0.39, 0.29) is 11.4 Å². The summed E-state index contributed by atoms with van der Waals surface area (Å²) in [6.45, 7) is 0.960. The predicted molar refractivity (Wildman–Crippen MR) is 56.5 cm³/mol. The first kappa shape index (κ1) is 15.1. The molecule has 0 heterocycles. The van der Waals surface area contributed by atoms with Gasteiger partial charge in [0.1, 0.15) is 5.82 Å². The van der Waals surface area contributed by atoms with Crippen molar-refractivity contribution in [3.05, 3.63) is 35.7 Å². The van der Waals surface area contributed by atoms with Crippen molar-refractivity contribution in [2.75, 3.05) is 0 Å². The van der Waals surface area contributed by atoms with Gasteiger partial charge in [-0.05, 0) is 6.08 Å². The van der Waals surface area contributed by atoms with Crippen molar-refractivity contribution < 1.29 is 23.1 Å². The van der Waals surface area contributed by atoms with E-state index in [9.17, 15) is 18.0 Å². The molecule has 0 saturated carbocycles. The number of rotatable bonds is 4. The smallest absolute Gasteiger partial charge is 0.394 e. The second-order valence-electron chi connectivity index (χ2n) is 3.27. The minimum absolute atomic E-state index is 0.0171. The van der Waals surface area contributed by atoms with E-state index in [1.807, 2.05) is 0 Å². The Morgan fingerprint density at radius 1 is 1.24 bits per heavy atom. The third kappa shape index (κ3) is 6.29. The first-order valence-electron chi connectivity index (χ1n) is 4.55. The summed E-state index contributed by atoms with van der Waals surface area (Å²) in [6.07, 6.45) is -0.718. The number of halogens is 3. The van der Waals surface area contributed by atoms with Crippen LogP contribution in [0.15, 0.2) is 35.7 Å². The van der Waals surface area contributed by atoms with Crippen molar-refractivity contribution in [1.29, 1.82) is 0 Å².